The molecule has 0 atom stereocenters. The number of carbonyl (C=O) groups excluding carboxylic acids is 4. The number of amides is 1. The molecule has 1 fully saturated rings. The number of hydrogen-bond acceptors (Lipinski definition) is 8. The second kappa shape index (κ2) is 9.31. The van der Waals surface area contributed by atoms with Crippen molar-refractivity contribution in [2.24, 2.45) is 5.92 Å². The number of carbonyl (C=O) groups is 4. The molecule has 27 heavy (non-hydrogen) atoms. The summed E-state index contributed by atoms with van der Waals surface area (Å²) in [4.78, 5) is 48.2. The molecule has 1 heterocycles. The molecule has 0 bridgehead atoms. The molecule has 0 saturated heterocycles. The summed E-state index contributed by atoms with van der Waals surface area (Å²) in [5, 5.41) is 2.65. The third-order valence-corrected chi connectivity index (χ3v) is 4.84. The summed E-state index contributed by atoms with van der Waals surface area (Å²) >= 11 is 0.898. The average Bonchev–Trinajstić information content (AvgIpc) is 3.42. The SMILES string of the molecule is C=CCOC(=O)c1sc(NC(=O)COC(=O)C2CC2)c(C(=O)OCC)c1C. The van der Waals surface area contributed by atoms with Crippen LogP contribution in [0.15, 0.2) is 12.7 Å². The molecular weight excluding hydrogens is 374 g/mol. The zero-order chi connectivity index (χ0) is 20.0. The van der Waals surface area contributed by atoms with E-state index in [2.05, 4.69) is 11.9 Å². The topological polar surface area (TPSA) is 108 Å². The minimum atomic E-state index is -0.667. The Labute approximate surface area is 160 Å². The molecule has 0 unspecified atom stereocenters. The van der Waals surface area contributed by atoms with Crippen LogP contribution in [0.25, 0.3) is 0 Å². The first kappa shape index (κ1) is 20.6. The highest BCUT2D eigenvalue weighted by atomic mass is 32.1. The van der Waals surface area contributed by atoms with Crippen LogP contribution < -0.4 is 5.32 Å². The average molecular weight is 395 g/mol. The summed E-state index contributed by atoms with van der Waals surface area (Å²) in [5.74, 6) is -2.44. The maximum absolute atomic E-state index is 12.3. The number of hydrogen-bond donors (Lipinski definition) is 1. The van der Waals surface area contributed by atoms with Crippen LogP contribution in [0.3, 0.4) is 0 Å². The fourth-order valence-corrected chi connectivity index (χ4v) is 3.29. The third-order valence-electron chi connectivity index (χ3n) is 3.65. The molecule has 0 radical (unpaired) electrons. The molecule has 1 aliphatic rings. The van der Waals surface area contributed by atoms with Crippen LogP contribution >= 0.6 is 11.3 Å². The molecule has 1 aromatic rings. The van der Waals surface area contributed by atoms with E-state index in [9.17, 15) is 19.2 Å². The standard InChI is InChI=1S/C18H21NO7S/c1-4-8-25-18(23)14-10(3)13(17(22)24-5-2)15(27-14)19-12(20)9-26-16(21)11-6-7-11/h4,11H,1,5-9H2,2-3H3,(H,19,20). The second-order valence-corrected chi connectivity index (χ2v) is 6.82. The minimum Gasteiger partial charge on any atom is -0.462 e. The van der Waals surface area contributed by atoms with Crippen molar-refractivity contribution in [3.05, 3.63) is 28.7 Å². The number of nitrogens with one attached hydrogen (secondary N) is 1. The quantitative estimate of drug-likeness (QED) is 0.389. The summed E-state index contributed by atoms with van der Waals surface area (Å²) in [6.45, 7) is 6.37. The first-order chi connectivity index (χ1) is 12.9. The van der Waals surface area contributed by atoms with Gasteiger partial charge in [-0.1, -0.05) is 12.7 Å². The highest BCUT2D eigenvalue weighted by Gasteiger charge is 2.32. The molecule has 1 saturated carbocycles. The van der Waals surface area contributed by atoms with Crippen molar-refractivity contribution in [3.63, 3.8) is 0 Å². The fourth-order valence-electron chi connectivity index (χ4n) is 2.18. The van der Waals surface area contributed by atoms with Gasteiger partial charge in [0.25, 0.3) is 5.91 Å². The predicted octanol–water partition coefficient (Wildman–Crippen LogP) is 2.47. The van der Waals surface area contributed by atoms with Crippen molar-refractivity contribution in [1.82, 2.24) is 0 Å². The molecule has 146 valence electrons. The van der Waals surface area contributed by atoms with E-state index in [4.69, 9.17) is 14.2 Å². The lowest BCUT2D eigenvalue weighted by Gasteiger charge is -2.07. The number of anilines is 1. The molecular formula is C18H21NO7S. The van der Waals surface area contributed by atoms with Gasteiger partial charge in [0.1, 0.15) is 16.5 Å². The van der Waals surface area contributed by atoms with Crippen molar-refractivity contribution in [2.75, 3.05) is 25.1 Å². The van der Waals surface area contributed by atoms with E-state index in [1.54, 1.807) is 13.8 Å². The molecule has 9 heteroatoms. The Bertz CT molecular complexity index is 764. The lowest BCUT2D eigenvalue weighted by Crippen LogP contribution is -2.22. The third kappa shape index (κ3) is 5.40. The van der Waals surface area contributed by atoms with Gasteiger partial charge in [-0.3, -0.25) is 9.59 Å². The van der Waals surface area contributed by atoms with Crippen molar-refractivity contribution in [2.45, 2.75) is 26.7 Å². The molecule has 0 spiro atoms. The van der Waals surface area contributed by atoms with Gasteiger partial charge >= 0.3 is 17.9 Å². The Morgan fingerprint density at radius 2 is 1.89 bits per heavy atom. The van der Waals surface area contributed by atoms with E-state index in [0.717, 1.165) is 24.2 Å². The number of rotatable bonds is 9. The van der Waals surface area contributed by atoms with Crippen LogP contribution in [-0.4, -0.2) is 43.6 Å². The van der Waals surface area contributed by atoms with E-state index in [0.29, 0.717) is 5.56 Å². The normalized spacial score (nSPS) is 12.8. The van der Waals surface area contributed by atoms with Gasteiger partial charge in [-0.05, 0) is 32.3 Å². The molecule has 1 N–H and O–H groups in total. The van der Waals surface area contributed by atoms with Gasteiger partial charge in [-0.2, -0.15) is 0 Å². The monoisotopic (exact) mass is 395 g/mol. The summed E-state index contributed by atoms with van der Waals surface area (Å²) in [7, 11) is 0. The first-order valence-electron chi connectivity index (χ1n) is 8.44. The van der Waals surface area contributed by atoms with Gasteiger partial charge in [0.05, 0.1) is 18.1 Å². The fraction of sp³-hybridized carbons (Fsp3) is 0.444. The van der Waals surface area contributed by atoms with E-state index in [1.807, 2.05) is 0 Å². The van der Waals surface area contributed by atoms with Crippen molar-refractivity contribution >= 4 is 40.2 Å². The number of ether oxygens (including phenoxy) is 3. The first-order valence-corrected chi connectivity index (χ1v) is 9.25. The smallest absolute Gasteiger partial charge is 0.348 e. The Kier molecular flexibility index (Phi) is 7.12. The van der Waals surface area contributed by atoms with Crippen LogP contribution in [-0.2, 0) is 23.8 Å². The lowest BCUT2D eigenvalue weighted by molar-refractivity contribution is -0.148. The Morgan fingerprint density at radius 1 is 1.19 bits per heavy atom. The minimum absolute atomic E-state index is 0.0176. The Hall–Kier alpha value is -2.68. The van der Waals surface area contributed by atoms with Crippen LogP contribution in [0.4, 0.5) is 5.00 Å². The molecule has 0 aromatic carbocycles. The maximum Gasteiger partial charge on any atom is 0.348 e. The van der Waals surface area contributed by atoms with Crippen LogP contribution in [0.5, 0.6) is 0 Å². The lowest BCUT2D eigenvalue weighted by atomic mass is 10.1. The summed E-state index contributed by atoms with van der Waals surface area (Å²) in [6, 6.07) is 0. The van der Waals surface area contributed by atoms with E-state index < -0.39 is 30.4 Å². The molecule has 1 aromatic heterocycles. The van der Waals surface area contributed by atoms with Crippen molar-refractivity contribution in [3.8, 4) is 0 Å². The molecule has 1 amide bonds. The summed E-state index contributed by atoms with van der Waals surface area (Å²) in [5.41, 5.74) is 0.423. The van der Waals surface area contributed by atoms with Gasteiger partial charge in [0.15, 0.2) is 6.61 Å². The number of esters is 3. The zero-order valence-electron chi connectivity index (χ0n) is 15.2. The van der Waals surface area contributed by atoms with Gasteiger partial charge in [0, 0.05) is 0 Å². The zero-order valence-corrected chi connectivity index (χ0v) is 16.0. The highest BCUT2D eigenvalue weighted by Crippen LogP contribution is 2.34. The molecule has 8 nitrogen and oxygen atoms in total. The van der Waals surface area contributed by atoms with E-state index >= 15 is 0 Å². The molecule has 1 aliphatic carbocycles. The van der Waals surface area contributed by atoms with Crippen LogP contribution in [0.1, 0.15) is 45.4 Å². The van der Waals surface area contributed by atoms with Crippen molar-refractivity contribution < 1.29 is 33.4 Å². The van der Waals surface area contributed by atoms with Gasteiger partial charge in [0.2, 0.25) is 0 Å². The Morgan fingerprint density at radius 3 is 2.48 bits per heavy atom. The second-order valence-electron chi connectivity index (χ2n) is 5.80. The molecule has 2 rings (SSSR count). The van der Waals surface area contributed by atoms with E-state index in [1.165, 1.54) is 6.08 Å². The van der Waals surface area contributed by atoms with Crippen LogP contribution in [0, 0.1) is 12.8 Å². The van der Waals surface area contributed by atoms with Gasteiger partial charge in [-0.25, -0.2) is 9.59 Å². The predicted molar refractivity (Wildman–Crippen MR) is 97.8 cm³/mol. The highest BCUT2D eigenvalue weighted by molar-refractivity contribution is 7.18. The van der Waals surface area contributed by atoms with Gasteiger partial charge < -0.3 is 19.5 Å². The van der Waals surface area contributed by atoms with E-state index in [-0.39, 0.29) is 34.6 Å². The summed E-state index contributed by atoms with van der Waals surface area (Å²) < 4.78 is 14.9. The largest absolute Gasteiger partial charge is 0.462 e. The maximum atomic E-state index is 12.3. The van der Waals surface area contributed by atoms with Crippen molar-refractivity contribution in [1.29, 1.82) is 0 Å². The van der Waals surface area contributed by atoms with Gasteiger partial charge in [-0.15, -0.1) is 11.3 Å². The Balaban J connectivity index is 2.17. The summed E-state index contributed by atoms with van der Waals surface area (Å²) in [6.07, 6.45) is 2.96. The van der Waals surface area contributed by atoms with Crippen LogP contribution in [0.2, 0.25) is 0 Å². The molecule has 0 aliphatic heterocycles. The number of thiophene rings is 1.